The normalized spacial score (nSPS) is 16.8. The Morgan fingerprint density at radius 1 is 1.43 bits per heavy atom. The predicted octanol–water partition coefficient (Wildman–Crippen LogP) is 2.80. The Hall–Kier alpha value is -2.30. The van der Waals surface area contributed by atoms with Crippen molar-refractivity contribution in [3.63, 3.8) is 0 Å². The first-order chi connectivity index (χ1) is 10.0. The molecular formula is C16H16O5. The van der Waals surface area contributed by atoms with E-state index in [-0.39, 0.29) is 35.2 Å². The molecule has 1 aliphatic rings. The number of aromatic hydroxyl groups is 1. The van der Waals surface area contributed by atoms with Crippen LogP contribution in [0.15, 0.2) is 21.3 Å². The molecular weight excluding hydrogens is 272 g/mol. The number of carbonyl (C=O) groups is 1. The van der Waals surface area contributed by atoms with Crippen molar-refractivity contribution in [2.75, 3.05) is 0 Å². The number of hydrogen-bond acceptors (Lipinski definition) is 5. The fourth-order valence-corrected chi connectivity index (χ4v) is 2.82. The van der Waals surface area contributed by atoms with E-state index in [9.17, 15) is 14.7 Å². The summed E-state index contributed by atoms with van der Waals surface area (Å²) < 4.78 is 10.9. The van der Waals surface area contributed by atoms with E-state index in [4.69, 9.17) is 9.15 Å². The molecule has 0 saturated carbocycles. The number of carbonyl (C=O) groups excluding carboxylic acids is 1. The molecule has 2 heterocycles. The molecule has 0 fully saturated rings. The molecule has 2 aromatic rings. The van der Waals surface area contributed by atoms with Crippen LogP contribution >= 0.6 is 0 Å². The minimum absolute atomic E-state index is 0.0766. The van der Waals surface area contributed by atoms with Gasteiger partial charge in [-0.3, -0.25) is 4.79 Å². The molecule has 0 bridgehead atoms. The second kappa shape index (κ2) is 4.91. The number of hydrogen-bond donors (Lipinski definition) is 1. The fraction of sp³-hybridized carbons (Fsp3) is 0.375. The number of Topliss-reactive ketones (excluding diaryl/α,β-unsaturated/α-hetero) is 1. The standard InChI is InChI=1S/C16H16O5/c1-3-4-10(17)15-11(18)7-12-14-9(5-8(2)20-12)6-13(19)21-16(14)15/h6-8,18H,3-5H2,1-2H3. The van der Waals surface area contributed by atoms with Gasteiger partial charge in [-0.05, 0) is 18.9 Å². The Morgan fingerprint density at radius 3 is 2.90 bits per heavy atom. The van der Waals surface area contributed by atoms with Gasteiger partial charge in [0.1, 0.15) is 17.1 Å². The molecule has 0 saturated heterocycles. The van der Waals surface area contributed by atoms with E-state index in [0.717, 1.165) is 5.56 Å². The highest BCUT2D eigenvalue weighted by molar-refractivity contribution is 6.10. The van der Waals surface area contributed by atoms with Crippen molar-refractivity contribution >= 4 is 16.8 Å². The Bertz CT molecular complexity index is 787. The molecule has 0 radical (unpaired) electrons. The Labute approximate surface area is 121 Å². The summed E-state index contributed by atoms with van der Waals surface area (Å²) in [4.78, 5) is 24.0. The highest BCUT2D eigenvalue weighted by atomic mass is 16.5. The van der Waals surface area contributed by atoms with Crippen LogP contribution in [0, 0.1) is 0 Å². The summed E-state index contributed by atoms with van der Waals surface area (Å²) in [5.41, 5.74) is 0.486. The second-order valence-corrected chi connectivity index (χ2v) is 5.37. The average molecular weight is 288 g/mol. The van der Waals surface area contributed by atoms with Crippen LogP contribution in [-0.4, -0.2) is 17.0 Å². The summed E-state index contributed by atoms with van der Waals surface area (Å²) in [5.74, 6) is 0.0128. The Morgan fingerprint density at radius 2 is 2.19 bits per heavy atom. The van der Waals surface area contributed by atoms with Crippen LogP contribution in [0.25, 0.3) is 11.0 Å². The lowest BCUT2D eigenvalue weighted by atomic mass is 9.95. The molecule has 110 valence electrons. The minimum Gasteiger partial charge on any atom is -0.507 e. The van der Waals surface area contributed by atoms with Gasteiger partial charge in [0, 0.05) is 25.0 Å². The van der Waals surface area contributed by atoms with Crippen molar-refractivity contribution in [1.82, 2.24) is 0 Å². The monoisotopic (exact) mass is 288 g/mol. The minimum atomic E-state index is -0.520. The summed E-state index contributed by atoms with van der Waals surface area (Å²) in [7, 11) is 0. The van der Waals surface area contributed by atoms with Crippen LogP contribution in [0.5, 0.6) is 11.5 Å². The van der Waals surface area contributed by atoms with Gasteiger partial charge >= 0.3 is 5.63 Å². The molecule has 1 atom stereocenters. The Balaban J connectivity index is 2.37. The number of phenols is 1. The van der Waals surface area contributed by atoms with E-state index in [1.807, 2.05) is 13.8 Å². The predicted molar refractivity (Wildman–Crippen MR) is 77.2 cm³/mol. The van der Waals surface area contributed by atoms with Crippen molar-refractivity contribution < 1.29 is 19.1 Å². The zero-order valence-corrected chi connectivity index (χ0v) is 11.9. The molecule has 1 aromatic heterocycles. The van der Waals surface area contributed by atoms with Gasteiger partial charge in [0.05, 0.1) is 11.5 Å². The lowest BCUT2D eigenvalue weighted by Gasteiger charge is -2.24. The maximum absolute atomic E-state index is 12.2. The molecule has 5 nitrogen and oxygen atoms in total. The maximum atomic E-state index is 12.2. The third-order valence-electron chi connectivity index (χ3n) is 3.63. The number of ether oxygens (including phenoxy) is 1. The number of benzene rings is 1. The highest BCUT2D eigenvalue weighted by Crippen LogP contribution is 2.40. The van der Waals surface area contributed by atoms with Crippen molar-refractivity contribution in [2.45, 2.75) is 39.2 Å². The first-order valence-electron chi connectivity index (χ1n) is 7.03. The molecule has 21 heavy (non-hydrogen) atoms. The van der Waals surface area contributed by atoms with E-state index in [1.165, 1.54) is 12.1 Å². The van der Waals surface area contributed by atoms with Crippen molar-refractivity contribution in [1.29, 1.82) is 0 Å². The van der Waals surface area contributed by atoms with Crippen LogP contribution in [0.2, 0.25) is 0 Å². The Kier molecular flexibility index (Phi) is 3.20. The first-order valence-corrected chi connectivity index (χ1v) is 7.03. The van der Waals surface area contributed by atoms with Gasteiger partial charge in [0.2, 0.25) is 0 Å². The zero-order valence-electron chi connectivity index (χ0n) is 11.9. The second-order valence-electron chi connectivity index (χ2n) is 5.37. The lowest BCUT2D eigenvalue weighted by Crippen LogP contribution is -2.21. The molecule has 0 amide bonds. The average Bonchev–Trinajstić information content (AvgIpc) is 2.37. The molecule has 1 aliphatic heterocycles. The molecule has 0 spiro atoms. The van der Waals surface area contributed by atoms with E-state index in [2.05, 4.69) is 0 Å². The van der Waals surface area contributed by atoms with Crippen LogP contribution in [0.4, 0.5) is 0 Å². The van der Waals surface area contributed by atoms with E-state index < -0.39 is 5.63 Å². The van der Waals surface area contributed by atoms with Crippen LogP contribution in [0.1, 0.15) is 42.6 Å². The molecule has 1 aromatic carbocycles. The van der Waals surface area contributed by atoms with E-state index in [1.54, 1.807) is 0 Å². The SMILES string of the molecule is CCCC(=O)c1c(O)cc2c3c(cc(=O)oc13)CC(C)O2. The van der Waals surface area contributed by atoms with Gasteiger partial charge in [-0.15, -0.1) is 0 Å². The largest absolute Gasteiger partial charge is 0.507 e. The lowest BCUT2D eigenvalue weighted by molar-refractivity contribution is 0.0979. The van der Waals surface area contributed by atoms with Crippen molar-refractivity contribution in [3.05, 3.63) is 33.7 Å². The molecule has 1 unspecified atom stereocenters. The van der Waals surface area contributed by atoms with Gasteiger partial charge in [-0.1, -0.05) is 6.92 Å². The fourth-order valence-electron chi connectivity index (χ4n) is 2.82. The highest BCUT2D eigenvalue weighted by Gasteiger charge is 2.27. The molecule has 3 rings (SSSR count). The molecule has 1 N–H and O–H groups in total. The van der Waals surface area contributed by atoms with Crippen LogP contribution in [-0.2, 0) is 6.42 Å². The number of ketones is 1. The van der Waals surface area contributed by atoms with Gasteiger partial charge in [-0.2, -0.15) is 0 Å². The smallest absolute Gasteiger partial charge is 0.336 e. The van der Waals surface area contributed by atoms with Gasteiger partial charge in [0.25, 0.3) is 0 Å². The summed E-state index contributed by atoms with van der Waals surface area (Å²) >= 11 is 0. The molecule has 5 heteroatoms. The van der Waals surface area contributed by atoms with Crippen LogP contribution < -0.4 is 10.4 Å². The first kappa shape index (κ1) is 13.7. The third-order valence-corrected chi connectivity index (χ3v) is 3.63. The number of rotatable bonds is 3. The van der Waals surface area contributed by atoms with Crippen molar-refractivity contribution in [2.24, 2.45) is 0 Å². The topological polar surface area (TPSA) is 76.7 Å². The van der Waals surface area contributed by atoms with Crippen LogP contribution in [0.3, 0.4) is 0 Å². The van der Waals surface area contributed by atoms with E-state index >= 15 is 0 Å². The maximum Gasteiger partial charge on any atom is 0.336 e. The zero-order chi connectivity index (χ0) is 15.1. The summed E-state index contributed by atoms with van der Waals surface area (Å²) in [6.45, 7) is 3.76. The molecule has 0 aliphatic carbocycles. The summed E-state index contributed by atoms with van der Waals surface area (Å²) in [6.07, 6.45) is 1.41. The quantitative estimate of drug-likeness (QED) is 0.694. The van der Waals surface area contributed by atoms with Gasteiger partial charge in [0.15, 0.2) is 11.4 Å². The number of phenolic OH excluding ortho intramolecular Hbond substituents is 1. The van der Waals surface area contributed by atoms with Gasteiger partial charge in [-0.25, -0.2) is 4.79 Å². The van der Waals surface area contributed by atoms with E-state index in [0.29, 0.717) is 24.0 Å². The summed E-state index contributed by atoms with van der Waals surface area (Å²) in [5, 5.41) is 10.8. The summed E-state index contributed by atoms with van der Waals surface area (Å²) in [6, 6.07) is 2.86. The third kappa shape index (κ3) is 2.18. The van der Waals surface area contributed by atoms with Crippen molar-refractivity contribution in [3.8, 4) is 11.5 Å². The van der Waals surface area contributed by atoms with Gasteiger partial charge < -0.3 is 14.3 Å².